The van der Waals surface area contributed by atoms with Gasteiger partial charge in [-0.05, 0) is 48.5 Å². The van der Waals surface area contributed by atoms with E-state index in [1.807, 2.05) is 0 Å². The highest BCUT2D eigenvalue weighted by Crippen LogP contribution is 2.17. The van der Waals surface area contributed by atoms with E-state index in [0.29, 0.717) is 17.0 Å². The molecule has 0 atom stereocenters. The lowest BCUT2D eigenvalue weighted by Crippen LogP contribution is -2.16. The zero-order chi connectivity index (χ0) is 21.1. The molecule has 152 valence electrons. The third-order valence-corrected chi connectivity index (χ3v) is 5.53. The Morgan fingerprint density at radius 2 is 1.83 bits per heavy atom. The molecule has 0 spiro atoms. The first-order valence-corrected chi connectivity index (χ1v) is 10.3. The average molecular weight is 425 g/mol. The van der Waals surface area contributed by atoms with Crippen LogP contribution in [0.1, 0.15) is 5.69 Å². The number of amides is 1. The summed E-state index contributed by atoms with van der Waals surface area (Å²) in [6.45, 7) is 0. The molecule has 0 aliphatic heterocycles. The molecule has 2 N–H and O–H groups in total. The van der Waals surface area contributed by atoms with Crippen LogP contribution in [0.4, 0.5) is 15.9 Å². The monoisotopic (exact) mass is 425 g/mol. The van der Waals surface area contributed by atoms with Gasteiger partial charge in [0, 0.05) is 24.3 Å². The van der Waals surface area contributed by atoms with Crippen LogP contribution in [0.5, 0.6) is 0 Å². The van der Waals surface area contributed by atoms with Gasteiger partial charge in [-0.2, -0.15) is 0 Å². The Kier molecular flexibility index (Phi) is 5.15. The second-order valence-corrected chi connectivity index (χ2v) is 8.10. The van der Waals surface area contributed by atoms with Crippen LogP contribution in [-0.2, 0) is 21.2 Å². The van der Waals surface area contributed by atoms with Gasteiger partial charge in [0.2, 0.25) is 5.91 Å². The van der Waals surface area contributed by atoms with Crippen molar-refractivity contribution in [1.82, 2.24) is 14.4 Å². The van der Waals surface area contributed by atoms with E-state index in [4.69, 9.17) is 0 Å². The molecular weight excluding hydrogens is 409 g/mol. The summed E-state index contributed by atoms with van der Waals surface area (Å²) < 4.78 is 42.0. The summed E-state index contributed by atoms with van der Waals surface area (Å²) >= 11 is 0. The van der Waals surface area contributed by atoms with Gasteiger partial charge in [0.15, 0.2) is 0 Å². The maximum Gasteiger partial charge on any atom is 0.263 e. The summed E-state index contributed by atoms with van der Waals surface area (Å²) in [5, 5.41) is 2.68. The second kappa shape index (κ2) is 7.91. The Morgan fingerprint density at radius 3 is 2.57 bits per heavy atom. The van der Waals surface area contributed by atoms with Crippen LogP contribution in [0.25, 0.3) is 5.65 Å². The van der Waals surface area contributed by atoms with E-state index in [0.717, 1.165) is 0 Å². The first kappa shape index (κ1) is 19.5. The van der Waals surface area contributed by atoms with Gasteiger partial charge in [0.25, 0.3) is 10.0 Å². The van der Waals surface area contributed by atoms with Crippen molar-refractivity contribution in [2.24, 2.45) is 0 Å². The smallest absolute Gasteiger partial charge is 0.263 e. The highest BCUT2D eigenvalue weighted by molar-refractivity contribution is 7.92. The van der Waals surface area contributed by atoms with Gasteiger partial charge in [-0.15, -0.1) is 0 Å². The molecule has 0 saturated carbocycles. The lowest BCUT2D eigenvalue weighted by Gasteiger charge is -2.08. The fourth-order valence-electron chi connectivity index (χ4n) is 2.81. The maximum atomic E-state index is 13.3. The average Bonchev–Trinajstić information content (AvgIpc) is 3.10. The molecule has 0 fully saturated rings. The Labute approximate surface area is 171 Å². The standard InChI is InChI=1S/C20H16FN5O3S/c21-14-4-9-19-23-16(13-26(19)12-14)11-20(27)24-15-5-7-17(8-6-15)30(28,29)25-18-3-1-2-10-22-18/h1-10,12-13H,11H2,(H,22,25)(H,24,27). The Balaban J connectivity index is 1.41. The molecule has 0 bridgehead atoms. The van der Waals surface area contributed by atoms with Crippen LogP contribution >= 0.6 is 0 Å². The molecule has 1 aromatic carbocycles. The minimum Gasteiger partial charge on any atom is -0.326 e. The van der Waals surface area contributed by atoms with E-state index in [1.165, 1.54) is 53.2 Å². The number of hydrogen-bond donors (Lipinski definition) is 2. The molecule has 10 heteroatoms. The molecule has 0 saturated heterocycles. The number of benzene rings is 1. The molecule has 30 heavy (non-hydrogen) atoms. The van der Waals surface area contributed by atoms with E-state index in [-0.39, 0.29) is 23.0 Å². The lowest BCUT2D eigenvalue weighted by atomic mass is 10.3. The Bertz CT molecular complexity index is 1310. The number of halogens is 1. The summed E-state index contributed by atoms with van der Waals surface area (Å²) in [5.41, 5.74) is 1.46. The number of nitrogens with one attached hydrogen (secondary N) is 2. The van der Waals surface area contributed by atoms with E-state index >= 15 is 0 Å². The van der Waals surface area contributed by atoms with Crippen molar-refractivity contribution in [3.8, 4) is 0 Å². The lowest BCUT2D eigenvalue weighted by molar-refractivity contribution is -0.115. The van der Waals surface area contributed by atoms with Gasteiger partial charge in [-0.25, -0.2) is 22.8 Å². The predicted octanol–water partition coefficient (Wildman–Crippen LogP) is 2.85. The van der Waals surface area contributed by atoms with E-state index < -0.39 is 15.8 Å². The maximum absolute atomic E-state index is 13.3. The molecule has 0 aliphatic carbocycles. The first-order chi connectivity index (χ1) is 14.4. The molecule has 0 unspecified atom stereocenters. The molecule has 3 heterocycles. The highest BCUT2D eigenvalue weighted by Gasteiger charge is 2.15. The number of imidazole rings is 1. The molecule has 1 amide bonds. The molecule has 8 nitrogen and oxygen atoms in total. The van der Waals surface area contributed by atoms with Crippen molar-refractivity contribution in [2.45, 2.75) is 11.3 Å². The third-order valence-electron chi connectivity index (χ3n) is 4.16. The number of pyridine rings is 2. The summed E-state index contributed by atoms with van der Waals surface area (Å²) in [6.07, 6.45) is 4.33. The van der Waals surface area contributed by atoms with Crippen LogP contribution in [0.2, 0.25) is 0 Å². The molecule has 3 aromatic heterocycles. The second-order valence-electron chi connectivity index (χ2n) is 6.41. The summed E-state index contributed by atoms with van der Waals surface area (Å²) in [6, 6.07) is 13.5. The molecular formula is C20H16FN5O3S. The number of sulfonamides is 1. The zero-order valence-electron chi connectivity index (χ0n) is 15.5. The van der Waals surface area contributed by atoms with Crippen molar-refractivity contribution in [3.63, 3.8) is 0 Å². The number of hydrogen-bond acceptors (Lipinski definition) is 5. The van der Waals surface area contributed by atoms with Gasteiger partial charge >= 0.3 is 0 Å². The summed E-state index contributed by atoms with van der Waals surface area (Å²) in [7, 11) is -3.79. The first-order valence-electron chi connectivity index (χ1n) is 8.86. The van der Waals surface area contributed by atoms with Gasteiger partial charge in [0.05, 0.1) is 17.0 Å². The van der Waals surface area contributed by atoms with E-state index in [1.54, 1.807) is 24.4 Å². The SMILES string of the molecule is O=C(Cc1cn2cc(F)ccc2n1)Nc1ccc(S(=O)(=O)Nc2ccccn2)cc1. The van der Waals surface area contributed by atoms with Gasteiger partial charge in [-0.1, -0.05) is 6.07 Å². The fraction of sp³-hybridized carbons (Fsp3) is 0.0500. The molecule has 0 aliphatic rings. The number of fused-ring (bicyclic) bond motifs is 1. The number of carbonyl (C=O) groups excluding carboxylic acids is 1. The fourth-order valence-corrected chi connectivity index (χ4v) is 3.82. The van der Waals surface area contributed by atoms with Crippen LogP contribution < -0.4 is 10.0 Å². The van der Waals surface area contributed by atoms with Crippen molar-refractivity contribution in [2.75, 3.05) is 10.0 Å². The normalized spacial score (nSPS) is 11.4. The highest BCUT2D eigenvalue weighted by atomic mass is 32.2. The van der Waals surface area contributed by atoms with Crippen molar-refractivity contribution < 1.29 is 17.6 Å². The topological polar surface area (TPSA) is 105 Å². The summed E-state index contributed by atoms with van der Waals surface area (Å²) in [5.74, 6) is -0.521. The third kappa shape index (κ3) is 4.44. The van der Waals surface area contributed by atoms with Crippen LogP contribution in [0, 0.1) is 5.82 Å². The zero-order valence-corrected chi connectivity index (χ0v) is 16.3. The summed E-state index contributed by atoms with van der Waals surface area (Å²) in [4.78, 5) is 20.5. The van der Waals surface area contributed by atoms with Crippen LogP contribution in [0.15, 0.2) is 78.1 Å². The van der Waals surface area contributed by atoms with E-state index in [2.05, 4.69) is 20.0 Å². The molecule has 4 rings (SSSR count). The number of carbonyl (C=O) groups is 1. The van der Waals surface area contributed by atoms with Crippen LogP contribution in [0.3, 0.4) is 0 Å². The van der Waals surface area contributed by atoms with Gasteiger partial charge in [-0.3, -0.25) is 9.52 Å². The Hall–Kier alpha value is -3.79. The van der Waals surface area contributed by atoms with Crippen LogP contribution in [-0.4, -0.2) is 28.7 Å². The number of rotatable bonds is 6. The van der Waals surface area contributed by atoms with Gasteiger partial charge < -0.3 is 9.72 Å². The molecule has 4 aromatic rings. The Morgan fingerprint density at radius 1 is 1.03 bits per heavy atom. The quantitative estimate of drug-likeness (QED) is 0.494. The van der Waals surface area contributed by atoms with Crippen molar-refractivity contribution in [1.29, 1.82) is 0 Å². The minimum atomic E-state index is -3.79. The minimum absolute atomic E-state index is 0.00934. The number of anilines is 2. The van der Waals surface area contributed by atoms with Crippen molar-refractivity contribution in [3.05, 3.63) is 84.7 Å². The predicted molar refractivity (Wildman–Crippen MR) is 109 cm³/mol. The largest absolute Gasteiger partial charge is 0.326 e. The number of nitrogens with zero attached hydrogens (tertiary/aromatic N) is 3. The van der Waals surface area contributed by atoms with Crippen molar-refractivity contribution >= 4 is 33.1 Å². The molecule has 0 radical (unpaired) electrons. The van der Waals surface area contributed by atoms with Gasteiger partial charge in [0.1, 0.15) is 17.3 Å². The number of aromatic nitrogens is 3. The van der Waals surface area contributed by atoms with E-state index in [9.17, 15) is 17.6 Å².